The van der Waals surface area contributed by atoms with Crippen LogP contribution in [-0.4, -0.2) is 23.8 Å². The molecule has 158 valence electrons. The minimum atomic E-state index is -0.483. The van der Waals surface area contributed by atoms with E-state index in [-0.39, 0.29) is 12.0 Å². The van der Waals surface area contributed by atoms with Gasteiger partial charge in [-0.3, -0.25) is 25.2 Å². The first-order chi connectivity index (χ1) is 14.9. The van der Waals surface area contributed by atoms with Crippen LogP contribution in [0.3, 0.4) is 0 Å². The lowest BCUT2D eigenvalue weighted by molar-refractivity contribution is 0.0846. The maximum atomic E-state index is 12.3. The molecule has 0 aliphatic heterocycles. The van der Waals surface area contributed by atoms with Crippen molar-refractivity contribution < 1.29 is 19.1 Å². The highest BCUT2D eigenvalue weighted by atomic mass is 16.5. The van der Waals surface area contributed by atoms with Crippen molar-refractivity contribution in [2.75, 3.05) is 5.32 Å². The van der Waals surface area contributed by atoms with Gasteiger partial charge in [0, 0.05) is 22.4 Å². The number of rotatable bonds is 6. The van der Waals surface area contributed by atoms with Gasteiger partial charge in [0.05, 0.1) is 6.10 Å². The Morgan fingerprint density at radius 1 is 0.677 bits per heavy atom. The number of amides is 3. The molecule has 7 nitrogen and oxygen atoms in total. The Hall–Kier alpha value is -4.13. The fourth-order valence-corrected chi connectivity index (χ4v) is 2.74. The molecule has 3 amide bonds. The topological polar surface area (TPSA) is 96.5 Å². The highest BCUT2D eigenvalue weighted by molar-refractivity contribution is 6.04. The average molecular weight is 417 g/mol. The van der Waals surface area contributed by atoms with E-state index in [9.17, 15) is 14.4 Å². The standard InChI is InChI=1S/C24H23N3O4/c1-16(2)31-21-10-6-9-19(15-21)24(30)27-26-23(29)18-11-13-20(14-12-18)25-22(28)17-7-4-3-5-8-17/h3-16H,1-2H3,(H,25,28)(H,26,29)(H,27,30). The molecule has 0 heterocycles. The second kappa shape index (κ2) is 10.1. The number of hydrogen-bond acceptors (Lipinski definition) is 4. The Bertz CT molecular complexity index is 1060. The molecule has 0 unspecified atom stereocenters. The van der Waals surface area contributed by atoms with Crippen LogP contribution in [0.1, 0.15) is 44.9 Å². The lowest BCUT2D eigenvalue weighted by atomic mass is 10.1. The number of ether oxygens (including phenoxy) is 1. The molecule has 3 aromatic carbocycles. The zero-order valence-corrected chi connectivity index (χ0v) is 17.2. The van der Waals surface area contributed by atoms with Gasteiger partial charge in [-0.1, -0.05) is 24.3 Å². The lowest BCUT2D eigenvalue weighted by Gasteiger charge is -2.11. The van der Waals surface area contributed by atoms with Crippen LogP contribution in [0.2, 0.25) is 0 Å². The SMILES string of the molecule is CC(C)Oc1cccc(C(=O)NNC(=O)c2ccc(NC(=O)c3ccccc3)cc2)c1. The third-order valence-electron chi connectivity index (χ3n) is 4.20. The molecule has 0 spiro atoms. The van der Waals surface area contributed by atoms with Crippen LogP contribution in [0.15, 0.2) is 78.9 Å². The van der Waals surface area contributed by atoms with E-state index in [4.69, 9.17) is 4.74 Å². The minimum absolute atomic E-state index is 0.0153. The average Bonchev–Trinajstić information content (AvgIpc) is 2.78. The number of nitrogens with one attached hydrogen (secondary N) is 3. The van der Waals surface area contributed by atoms with E-state index in [0.717, 1.165) is 0 Å². The molecule has 3 aromatic rings. The van der Waals surface area contributed by atoms with E-state index in [1.165, 1.54) is 0 Å². The minimum Gasteiger partial charge on any atom is -0.491 e. The van der Waals surface area contributed by atoms with Gasteiger partial charge >= 0.3 is 0 Å². The summed E-state index contributed by atoms with van der Waals surface area (Å²) in [5.74, 6) is -0.617. The monoisotopic (exact) mass is 417 g/mol. The van der Waals surface area contributed by atoms with E-state index in [1.54, 1.807) is 72.8 Å². The predicted molar refractivity (Wildman–Crippen MR) is 118 cm³/mol. The summed E-state index contributed by atoms with van der Waals surface area (Å²) in [5.41, 5.74) is 6.54. The third-order valence-corrected chi connectivity index (χ3v) is 4.20. The van der Waals surface area contributed by atoms with Gasteiger partial charge in [0.2, 0.25) is 0 Å². The van der Waals surface area contributed by atoms with Crippen LogP contribution in [0.4, 0.5) is 5.69 Å². The van der Waals surface area contributed by atoms with E-state index >= 15 is 0 Å². The number of hydrogen-bond donors (Lipinski definition) is 3. The van der Waals surface area contributed by atoms with Crippen molar-refractivity contribution in [1.82, 2.24) is 10.9 Å². The van der Waals surface area contributed by atoms with Crippen molar-refractivity contribution in [2.45, 2.75) is 20.0 Å². The summed E-state index contributed by atoms with van der Waals surface area (Å²) in [4.78, 5) is 36.8. The largest absolute Gasteiger partial charge is 0.491 e. The van der Waals surface area contributed by atoms with E-state index in [2.05, 4.69) is 16.2 Å². The summed E-state index contributed by atoms with van der Waals surface area (Å²) < 4.78 is 5.57. The summed E-state index contributed by atoms with van der Waals surface area (Å²) in [6.45, 7) is 3.79. The van der Waals surface area contributed by atoms with Crippen LogP contribution >= 0.6 is 0 Å². The zero-order chi connectivity index (χ0) is 22.2. The van der Waals surface area contributed by atoms with Gasteiger partial charge in [-0.2, -0.15) is 0 Å². The quantitative estimate of drug-likeness (QED) is 0.532. The van der Waals surface area contributed by atoms with Gasteiger partial charge in [-0.05, 0) is 68.4 Å². The number of carbonyl (C=O) groups excluding carboxylic acids is 3. The van der Waals surface area contributed by atoms with Gasteiger partial charge in [0.25, 0.3) is 17.7 Å². The first kappa shape index (κ1) is 21.6. The first-order valence-corrected chi connectivity index (χ1v) is 9.76. The molecule has 0 saturated carbocycles. The molecule has 0 radical (unpaired) electrons. The number of carbonyl (C=O) groups is 3. The van der Waals surface area contributed by atoms with Crippen molar-refractivity contribution in [3.63, 3.8) is 0 Å². The fourth-order valence-electron chi connectivity index (χ4n) is 2.74. The van der Waals surface area contributed by atoms with Crippen molar-refractivity contribution >= 4 is 23.4 Å². The fraction of sp³-hybridized carbons (Fsp3) is 0.125. The molecule has 0 aliphatic rings. The van der Waals surface area contributed by atoms with Crippen LogP contribution in [0, 0.1) is 0 Å². The summed E-state index contributed by atoms with van der Waals surface area (Å²) in [7, 11) is 0. The Morgan fingerprint density at radius 2 is 1.26 bits per heavy atom. The van der Waals surface area contributed by atoms with Crippen molar-refractivity contribution in [2.24, 2.45) is 0 Å². The molecule has 7 heteroatoms. The molecule has 0 aromatic heterocycles. The predicted octanol–water partition coefficient (Wildman–Crippen LogP) is 3.80. The van der Waals surface area contributed by atoms with Crippen LogP contribution in [0.25, 0.3) is 0 Å². The van der Waals surface area contributed by atoms with E-state index < -0.39 is 11.8 Å². The van der Waals surface area contributed by atoms with Crippen LogP contribution < -0.4 is 20.9 Å². The number of anilines is 1. The molecule has 31 heavy (non-hydrogen) atoms. The molecule has 0 fully saturated rings. The molecule has 0 atom stereocenters. The second-order valence-corrected chi connectivity index (χ2v) is 7.00. The van der Waals surface area contributed by atoms with E-state index in [0.29, 0.717) is 28.1 Å². The third kappa shape index (κ3) is 6.17. The maximum Gasteiger partial charge on any atom is 0.269 e. The van der Waals surface area contributed by atoms with Crippen LogP contribution in [-0.2, 0) is 0 Å². The highest BCUT2D eigenvalue weighted by Gasteiger charge is 2.11. The molecule has 0 bridgehead atoms. The van der Waals surface area contributed by atoms with Crippen molar-refractivity contribution in [1.29, 1.82) is 0 Å². The van der Waals surface area contributed by atoms with E-state index in [1.807, 2.05) is 19.9 Å². The highest BCUT2D eigenvalue weighted by Crippen LogP contribution is 2.15. The van der Waals surface area contributed by atoms with Gasteiger partial charge in [0.1, 0.15) is 5.75 Å². The van der Waals surface area contributed by atoms with Gasteiger partial charge in [0.15, 0.2) is 0 Å². The molecular formula is C24H23N3O4. The molecular weight excluding hydrogens is 394 g/mol. The first-order valence-electron chi connectivity index (χ1n) is 9.76. The maximum absolute atomic E-state index is 12.3. The molecule has 3 N–H and O–H groups in total. The van der Waals surface area contributed by atoms with Gasteiger partial charge < -0.3 is 10.1 Å². The lowest BCUT2D eigenvalue weighted by Crippen LogP contribution is -2.41. The van der Waals surface area contributed by atoms with Crippen LogP contribution in [0.5, 0.6) is 5.75 Å². The summed E-state index contributed by atoms with van der Waals surface area (Å²) in [5, 5.41) is 2.76. The summed E-state index contributed by atoms with van der Waals surface area (Å²) in [6, 6.07) is 21.9. The smallest absolute Gasteiger partial charge is 0.269 e. The Kier molecular flexibility index (Phi) is 7.01. The number of benzene rings is 3. The van der Waals surface area contributed by atoms with Crippen molar-refractivity contribution in [3.05, 3.63) is 95.6 Å². The Labute approximate surface area is 180 Å². The Balaban J connectivity index is 1.55. The molecule has 3 rings (SSSR count). The second-order valence-electron chi connectivity index (χ2n) is 7.00. The number of hydrazine groups is 1. The molecule has 0 saturated heterocycles. The zero-order valence-electron chi connectivity index (χ0n) is 17.2. The van der Waals surface area contributed by atoms with Gasteiger partial charge in [-0.25, -0.2) is 0 Å². The Morgan fingerprint density at radius 3 is 1.90 bits per heavy atom. The van der Waals surface area contributed by atoms with Crippen molar-refractivity contribution in [3.8, 4) is 5.75 Å². The van der Waals surface area contributed by atoms with Gasteiger partial charge in [-0.15, -0.1) is 0 Å². The summed E-state index contributed by atoms with van der Waals surface area (Å²) in [6.07, 6.45) is -0.0153. The molecule has 0 aliphatic carbocycles. The normalized spacial score (nSPS) is 10.3. The summed E-state index contributed by atoms with van der Waals surface area (Å²) >= 11 is 0.